The maximum Gasteiger partial charge on any atom is 0.179 e. The molecule has 0 saturated heterocycles. The Balaban J connectivity index is 0.909. The topological polar surface area (TPSA) is 16.4 Å². The maximum atomic E-state index is 6.27. The van der Waals surface area contributed by atoms with Crippen LogP contribution in [0.15, 0.2) is 277 Å². The number of fused-ring (bicyclic) bond motifs is 4. The van der Waals surface area contributed by atoms with Gasteiger partial charge in [0.2, 0.25) is 0 Å². The van der Waals surface area contributed by atoms with E-state index >= 15 is 0 Å². The standard InChI is InChI=1S/C64H45NOSi/c1-4-17-55(18-5-1)67(56-19-6-2-7-20-56,57-21-8-3-9-22-57)58-42-33-47(34-43-58)46-27-36-52(37-28-46)65(54-40-31-50(32-41-54)60-25-14-16-49-15-10-11-23-59(49)60)53-38-29-48(30-39-53)51-35-44-62-61-24-12-13-26-63(61)66-64(62)45-51/h1-45H. The zero-order valence-corrected chi connectivity index (χ0v) is 37.8. The quantitative estimate of drug-likeness (QED) is 0.101. The van der Waals surface area contributed by atoms with Crippen LogP contribution in [0.5, 0.6) is 0 Å². The van der Waals surface area contributed by atoms with Crippen molar-refractivity contribution in [3.05, 3.63) is 273 Å². The van der Waals surface area contributed by atoms with Gasteiger partial charge in [-0.15, -0.1) is 0 Å². The van der Waals surface area contributed by atoms with Gasteiger partial charge in [0.05, 0.1) is 0 Å². The summed E-state index contributed by atoms with van der Waals surface area (Å²) in [5.41, 5.74) is 12.1. The third-order valence-electron chi connectivity index (χ3n) is 13.5. The summed E-state index contributed by atoms with van der Waals surface area (Å²) in [5, 5.41) is 10.2. The van der Waals surface area contributed by atoms with Crippen molar-refractivity contribution in [1.82, 2.24) is 0 Å². The first-order chi connectivity index (χ1) is 33.2. The van der Waals surface area contributed by atoms with Gasteiger partial charge in [0.25, 0.3) is 0 Å². The fraction of sp³-hybridized carbons (Fsp3) is 0. The van der Waals surface area contributed by atoms with Crippen LogP contribution in [0, 0.1) is 0 Å². The van der Waals surface area contributed by atoms with E-state index in [2.05, 4.69) is 266 Å². The second kappa shape index (κ2) is 17.1. The molecule has 1 heterocycles. The number of furan rings is 1. The summed E-state index contributed by atoms with van der Waals surface area (Å²) in [6, 6.07) is 99.5. The van der Waals surface area contributed by atoms with Gasteiger partial charge in [-0.25, -0.2) is 0 Å². The minimum Gasteiger partial charge on any atom is -0.456 e. The van der Waals surface area contributed by atoms with Gasteiger partial charge in [-0.05, 0) is 119 Å². The highest BCUT2D eigenvalue weighted by molar-refractivity contribution is 7.19. The lowest BCUT2D eigenvalue weighted by molar-refractivity contribution is 0.669. The second-order valence-electron chi connectivity index (χ2n) is 17.2. The van der Waals surface area contributed by atoms with Crippen molar-refractivity contribution in [2.45, 2.75) is 0 Å². The van der Waals surface area contributed by atoms with Crippen LogP contribution in [0.4, 0.5) is 17.1 Å². The molecule has 12 aromatic rings. The first kappa shape index (κ1) is 40.0. The van der Waals surface area contributed by atoms with Gasteiger partial charge in [-0.3, -0.25) is 0 Å². The molecule has 0 unspecified atom stereocenters. The molecule has 0 atom stereocenters. The molecule has 0 aliphatic heterocycles. The fourth-order valence-electron chi connectivity index (χ4n) is 10.2. The van der Waals surface area contributed by atoms with E-state index in [1.807, 2.05) is 12.1 Å². The van der Waals surface area contributed by atoms with Crippen molar-refractivity contribution in [3.63, 3.8) is 0 Å². The molecule has 0 amide bonds. The van der Waals surface area contributed by atoms with Gasteiger partial charge >= 0.3 is 0 Å². The number of hydrogen-bond donors (Lipinski definition) is 0. The zero-order valence-electron chi connectivity index (χ0n) is 36.8. The number of benzene rings is 11. The average molecular weight is 872 g/mol. The molecule has 3 heteroatoms. The molecule has 2 nitrogen and oxygen atoms in total. The highest BCUT2D eigenvalue weighted by Gasteiger charge is 2.41. The number of anilines is 3. The molecule has 0 bridgehead atoms. The van der Waals surface area contributed by atoms with Gasteiger partial charge in [0.1, 0.15) is 11.2 Å². The van der Waals surface area contributed by atoms with Gasteiger partial charge in [-0.1, -0.05) is 218 Å². The van der Waals surface area contributed by atoms with Crippen LogP contribution in [-0.2, 0) is 0 Å². The molecule has 67 heavy (non-hydrogen) atoms. The summed E-state index contributed by atoms with van der Waals surface area (Å²) in [5.74, 6) is 0. The van der Waals surface area contributed by atoms with Gasteiger partial charge < -0.3 is 9.32 Å². The van der Waals surface area contributed by atoms with E-state index in [1.165, 1.54) is 53.8 Å². The maximum absolute atomic E-state index is 6.27. The van der Waals surface area contributed by atoms with Crippen molar-refractivity contribution >= 4 is 78.6 Å². The van der Waals surface area contributed by atoms with Crippen molar-refractivity contribution in [2.24, 2.45) is 0 Å². The minimum absolute atomic E-state index is 0.899. The Hall–Kier alpha value is -8.50. The van der Waals surface area contributed by atoms with Crippen molar-refractivity contribution in [3.8, 4) is 33.4 Å². The molecule has 11 aromatic carbocycles. The average Bonchev–Trinajstić information content (AvgIpc) is 3.79. The predicted octanol–water partition coefficient (Wildman–Crippen LogP) is 14.6. The van der Waals surface area contributed by atoms with Crippen LogP contribution in [0.3, 0.4) is 0 Å². The Morgan fingerprint density at radius 1 is 0.269 bits per heavy atom. The number of para-hydroxylation sites is 1. The van der Waals surface area contributed by atoms with E-state index in [0.29, 0.717) is 0 Å². The van der Waals surface area contributed by atoms with Crippen LogP contribution in [0.2, 0.25) is 0 Å². The van der Waals surface area contributed by atoms with E-state index in [-0.39, 0.29) is 0 Å². The fourth-order valence-corrected chi connectivity index (χ4v) is 14.9. The Bertz CT molecular complexity index is 3540. The summed E-state index contributed by atoms with van der Waals surface area (Å²) in [6.07, 6.45) is 0. The molecule has 1 aromatic heterocycles. The molecule has 0 aliphatic carbocycles. The van der Waals surface area contributed by atoms with Gasteiger partial charge in [0, 0.05) is 27.8 Å². The van der Waals surface area contributed by atoms with Crippen LogP contribution >= 0.6 is 0 Å². The monoisotopic (exact) mass is 871 g/mol. The molecule has 12 rings (SSSR count). The van der Waals surface area contributed by atoms with E-state index < -0.39 is 8.07 Å². The van der Waals surface area contributed by atoms with E-state index in [9.17, 15) is 0 Å². The van der Waals surface area contributed by atoms with Crippen molar-refractivity contribution in [1.29, 1.82) is 0 Å². The largest absolute Gasteiger partial charge is 0.456 e. The van der Waals surface area contributed by atoms with Crippen LogP contribution in [0.1, 0.15) is 0 Å². The van der Waals surface area contributed by atoms with E-state index in [1.54, 1.807) is 0 Å². The molecule has 0 aliphatic rings. The molecule has 0 N–H and O–H groups in total. The smallest absolute Gasteiger partial charge is 0.179 e. The third kappa shape index (κ3) is 7.23. The summed E-state index contributed by atoms with van der Waals surface area (Å²) in [6.45, 7) is 0. The normalized spacial score (nSPS) is 11.6. The Morgan fingerprint density at radius 3 is 1.24 bits per heavy atom. The van der Waals surface area contributed by atoms with E-state index in [4.69, 9.17) is 4.42 Å². The van der Waals surface area contributed by atoms with Gasteiger partial charge in [0.15, 0.2) is 8.07 Å². The summed E-state index contributed by atoms with van der Waals surface area (Å²) in [4.78, 5) is 2.35. The summed E-state index contributed by atoms with van der Waals surface area (Å²) < 4.78 is 6.27. The highest BCUT2D eigenvalue weighted by Crippen LogP contribution is 2.39. The van der Waals surface area contributed by atoms with E-state index in [0.717, 1.165) is 50.1 Å². The third-order valence-corrected chi connectivity index (χ3v) is 18.3. The minimum atomic E-state index is -2.62. The first-order valence-corrected chi connectivity index (χ1v) is 25.0. The summed E-state index contributed by atoms with van der Waals surface area (Å²) >= 11 is 0. The molecular formula is C64H45NOSi. The molecule has 0 radical (unpaired) electrons. The van der Waals surface area contributed by atoms with Gasteiger partial charge in [-0.2, -0.15) is 0 Å². The first-order valence-electron chi connectivity index (χ1n) is 23.0. The lowest BCUT2D eigenvalue weighted by Crippen LogP contribution is -2.74. The van der Waals surface area contributed by atoms with Crippen LogP contribution in [0.25, 0.3) is 66.1 Å². The Kier molecular flexibility index (Phi) is 10.2. The lowest BCUT2D eigenvalue weighted by Gasteiger charge is -2.34. The lowest BCUT2D eigenvalue weighted by atomic mass is 9.98. The Labute approximate surface area is 392 Å². The molecule has 0 spiro atoms. The number of hydrogen-bond acceptors (Lipinski definition) is 2. The predicted molar refractivity (Wildman–Crippen MR) is 286 cm³/mol. The second-order valence-corrected chi connectivity index (χ2v) is 21.0. The van der Waals surface area contributed by atoms with Crippen LogP contribution in [-0.4, -0.2) is 8.07 Å². The Morgan fingerprint density at radius 2 is 0.672 bits per heavy atom. The van der Waals surface area contributed by atoms with Crippen molar-refractivity contribution in [2.75, 3.05) is 4.90 Å². The molecule has 0 fully saturated rings. The number of nitrogens with zero attached hydrogens (tertiary/aromatic N) is 1. The molecule has 316 valence electrons. The molecular weight excluding hydrogens is 827 g/mol. The summed E-state index contributed by atoms with van der Waals surface area (Å²) in [7, 11) is -2.62. The highest BCUT2D eigenvalue weighted by atomic mass is 28.3. The number of rotatable bonds is 10. The zero-order chi connectivity index (χ0) is 44.6. The van der Waals surface area contributed by atoms with Crippen molar-refractivity contribution < 1.29 is 4.42 Å². The SMILES string of the molecule is c1ccc([Si](c2ccccc2)(c2ccccc2)c2ccc(-c3ccc(N(c4ccc(-c5ccc6c(c5)oc5ccccc56)cc4)c4ccc(-c5cccc6ccccc56)cc4)cc3)cc2)cc1. The molecule has 0 saturated carbocycles. The van der Waals surface area contributed by atoms with Crippen LogP contribution < -0.4 is 25.6 Å².